The van der Waals surface area contributed by atoms with Gasteiger partial charge in [-0.1, -0.05) is 29.8 Å². The number of carbonyl (C=O) groups is 3. The molecule has 3 amide bonds. The third-order valence-corrected chi connectivity index (χ3v) is 5.13. The van der Waals surface area contributed by atoms with E-state index in [2.05, 4.69) is 10.6 Å². The number of nitrogens with one attached hydrogen (secondary N) is 2. The van der Waals surface area contributed by atoms with Gasteiger partial charge in [-0.15, -0.1) is 0 Å². The van der Waals surface area contributed by atoms with Crippen molar-refractivity contribution in [2.24, 2.45) is 5.92 Å². The molecule has 1 aliphatic rings. The zero-order valence-corrected chi connectivity index (χ0v) is 16.9. The van der Waals surface area contributed by atoms with E-state index in [0.29, 0.717) is 43.7 Å². The molecule has 152 valence electrons. The van der Waals surface area contributed by atoms with Crippen LogP contribution in [-0.2, 0) is 20.8 Å². The van der Waals surface area contributed by atoms with E-state index in [0.717, 1.165) is 11.1 Å². The van der Waals surface area contributed by atoms with Gasteiger partial charge in [0.15, 0.2) is 0 Å². The average Bonchev–Trinajstić information content (AvgIpc) is 2.69. The minimum atomic E-state index is -0.134. The van der Waals surface area contributed by atoms with E-state index in [1.165, 1.54) is 6.92 Å². The highest BCUT2D eigenvalue weighted by Gasteiger charge is 2.27. The summed E-state index contributed by atoms with van der Waals surface area (Å²) in [5.74, 6) is -0.149. The molecule has 1 saturated heterocycles. The van der Waals surface area contributed by atoms with Crippen LogP contribution in [0.5, 0.6) is 0 Å². The monoisotopic (exact) mass is 393 g/mol. The molecule has 1 aliphatic heterocycles. The Morgan fingerprint density at radius 3 is 2.17 bits per heavy atom. The van der Waals surface area contributed by atoms with Gasteiger partial charge < -0.3 is 15.5 Å². The summed E-state index contributed by atoms with van der Waals surface area (Å²) in [5, 5.41) is 5.62. The quantitative estimate of drug-likeness (QED) is 0.817. The van der Waals surface area contributed by atoms with Crippen molar-refractivity contribution in [2.75, 3.05) is 23.7 Å². The standard InChI is InChI=1S/C23H27N3O3/c1-16-4-3-5-18(14-16)15-22(28)26-12-10-19(11-13-26)23(29)25-21-8-6-20(7-9-21)24-17(2)27/h3-9,14,19H,10-13,15H2,1-2H3,(H,24,27)(H,25,29). The fourth-order valence-electron chi connectivity index (χ4n) is 3.58. The first-order valence-electron chi connectivity index (χ1n) is 9.92. The second-order valence-electron chi connectivity index (χ2n) is 7.57. The summed E-state index contributed by atoms with van der Waals surface area (Å²) in [6, 6.07) is 15.0. The molecule has 0 unspecified atom stereocenters. The number of anilines is 2. The molecule has 2 N–H and O–H groups in total. The minimum absolute atomic E-state index is 0.0249. The smallest absolute Gasteiger partial charge is 0.227 e. The highest BCUT2D eigenvalue weighted by Crippen LogP contribution is 2.21. The van der Waals surface area contributed by atoms with Crippen LogP contribution < -0.4 is 10.6 Å². The Balaban J connectivity index is 1.47. The molecular formula is C23H27N3O3. The topological polar surface area (TPSA) is 78.5 Å². The highest BCUT2D eigenvalue weighted by molar-refractivity contribution is 5.93. The van der Waals surface area contributed by atoms with Gasteiger partial charge in [0.2, 0.25) is 17.7 Å². The van der Waals surface area contributed by atoms with E-state index in [4.69, 9.17) is 0 Å². The van der Waals surface area contributed by atoms with Crippen molar-refractivity contribution in [2.45, 2.75) is 33.1 Å². The number of benzene rings is 2. The van der Waals surface area contributed by atoms with Crippen LogP contribution in [0.3, 0.4) is 0 Å². The maximum atomic E-state index is 12.6. The molecule has 0 saturated carbocycles. The predicted molar refractivity (Wildman–Crippen MR) is 114 cm³/mol. The Morgan fingerprint density at radius 1 is 0.966 bits per heavy atom. The molecule has 1 heterocycles. The molecule has 0 radical (unpaired) electrons. The molecule has 29 heavy (non-hydrogen) atoms. The number of piperidine rings is 1. The van der Waals surface area contributed by atoms with Crippen molar-refractivity contribution in [3.63, 3.8) is 0 Å². The van der Waals surface area contributed by atoms with Crippen LogP contribution in [0.25, 0.3) is 0 Å². The molecule has 0 bridgehead atoms. The lowest BCUT2D eigenvalue weighted by Crippen LogP contribution is -2.42. The van der Waals surface area contributed by atoms with Crippen LogP contribution in [0.15, 0.2) is 48.5 Å². The first-order chi connectivity index (χ1) is 13.9. The summed E-state index contributed by atoms with van der Waals surface area (Å²) >= 11 is 0. The maximum Gasteiger partial charge on any atom is 0.227 e. The Bertz CT molecular complexity index is 884. The van der Waals surface area contributed by atoms with Crippen LogP contribution in [0.4, 0.5) is 11.4 Å². The lowest BCUT2D eigenvalue weighted by molar-refractivity contribution is -0.133. The molecule has 1 fully saturated rings. The zero-order chi connectivity index (χ0) is 20.8. The normalized spacial score (nSPS) is 14.3. The van der Waals surface area contributed by atoms with Gasteiger partial charge in [0.1, 0.15) is 0 Å². The number of aryl methyl sites for hydroxylation is 1. The van der Waals surface area contributed by atoms with Crippen LogP contribution in [0, 0.1) is 12.8 Å². The van der Waals surface area contributed by atoms with Gasteiger partial charge in [-0.25, -0.2) is 0 Å². The van der Waals surface area contributed by atoms with E-state index in [-0.39, 0.29) is 23.6 Å². The lowest BCUT2D eigenvalue weighted by atomic mass is 9.95. The van der Waals surface area contributed by atoms with Gasteiger partial charge >= 0.3 is 0 Å². The largest absolute Gasteiger partial charge is 0.342 e. The Hall–Kier alpha value is -3.15. The molecule has 2 aromatic rings. The van der Waals surface area contributed by atoms with Crippen molar-refractivity contribution < 1.29 is 14.4 Å². The molecule has 0 spiro atoms. The van der Waals surface area contributed by atoms with Crippen LogP contribution in [0.1, 0.15) is 30.9 Å². The maximum absolute atomic E-state index is 12.6. The Morgan fingerprint density at radius 2 is 1.59 bits per heavy atom. The van der Waals surface area contributed by atoms with E-state index in [9.17, 15) is 14.4 Å². The molecule has 0 aliphatic carbocycles. The van der Waals surface area contributed by atoms with Crippen molar-refractivity contribution >= 4 is 29.1 Å². The predicted octanol–water partition coefficient (Wildman–Crippen LogP) is 3.37. The average molecular weight is 393 g/mol. The van der Waals surface area contributed by atoms with Gasteiger partial charge in [-0.05, 0) is 49.6 Å². The van der Waals surface area contributed by atoms with Gasteiger partial charge in [0.05, 0.1) is 6.42 Å². The number of hydrogen-bond acceptors (Lipinski definition) is 3. The Kier molecular flexibility index (Phi) is 6.65. The van der Waals surface area contributed by atoms with E-state index >= 15 is 0 Å². The summed E-state index contributed by atoms with van der Waals surface area (Å²) in [7, 11) is 0. The molecule has 0 atom stereocenters. The third-order valence-electron chi connectivity index (χ3n) is 5.13. The van der Waals surface area contributed by atoms with Crippen molar-refractivity contribution in [3.05, 3.63) is 59.7 Å². The number of rotatable bonds is 5. The van der Waals surface area contributed by atoms with Crippen molar-refractivity contribution in [1.29, 1.82) is 0 Å². The molecule has 6 nitrogen and oxygen atoms in total. The Labute approximate surface area is 171 Å². The summed E-state index contributed by atoms with van der Waals surface area (Å²) in [6.45, 7) is 4.67. The summed E-state index contributed by atoms with van der Waals surface area (Å²) in [4.78, 5) is 38.0. The van der Waals surface area contributed by atoms with Gasteiger partial charge in [0.25, 0.3) is 0 Å². The van der Waals surface area contributed by atoms with Crippen LogP contribution in [-0.4, -0.2) is 35.7 Å². The van der Waals surface area contributed by atoms with Gasteiger partial charge in [-0.2, -0.15) is 0 Å². The van der Waals surface area contributed by atoms with Crippen molar-refractivity contribution in [3.8, 4) is 0 Å². The number of nitrogens with zero attached hydrogens (tertiary/aromatic N) is 1. The fourth-order valence-corrected chi connectivity index (χ4v) is 3.58. The number of amides is 3. The fraction of sp³-hybridized carbons (Fsp3) is 0.348. The van der Waals surface area contributed by atoms with E-state index < -0.39 is 0 Å². The summed E-state index contributed by atoms with van der Waals surface area (Å²) in [6.07, 6.45) is 1.73. The first kappa shape index (κ1) is 20.6. The second-order valence-corrected chi connectivity index (χ2v) is 7.57. The number of carbonyl (C=O) groups excluding carboxylic acids is 3. The SMILES string of the molecule is CC(=O)Nc1ccc(NC(=O)C2CCN(C(=O)Cc3cccc(C)c3)CC2)cc1. The van der Waals surface area contributed by atoms with Crippen molar-refractivity contribution in [1.82, 2.24) is 4.90 Å². The second kappa shape index (κ2) is 9.37. The molecule has 3 rings (SSSR count). The summed E-state index contributed by atoms with van der Waals surface area (Å²) in [5.41, 5.74) is 3.56. The molecular weight excluding hydrogens is 366 g/mol. The molecule has 2 aromatic carbocycles. The minimum Gasteiger partial charge on any atom is -0.342 e. The van der Waals surface area contributed by atoms with Crippen LogP contribution in [0.2, 0.25) is 0 Å². The number of likely N-dealkylation sites (tertiary alicyclic amines) is 1. The highest BCUT2D eigenvalue weighted by atomic mass is 16.2. The molecule has 0 aromatic heterocycles. The third kappa shape index (κ3) is 5.91. The zero-order valence-electron chi connectivity index (χ0n) is 16.9. The van der Waals surface area contributed by atoms with Gasteiger partial charge in [-0.3, -0.25) is 14.4 Å². The van der Waals surface area contributed by atoms with Gasteiger partial charge in [0, 0.05) is 37.3 Å². The summed E-state index contributed by atoms with van der Waals surface area (Å²) < 4.78 is 0. The lowest BCUT2D eigenvalue weighted by Gasteiger charge is -2.31. The van der Waals surface area contributed by atoms with E-state index in [1.54, 1.807) is 24.3 Å². The van der Waals surface area contributed by atoms with Crippen LogP contribution >= 0.6 is 0 Å². The molecule has 6 heteroatoms. The van der Waals surface area contributed by atoms with E-state index in [1.807, 2.05) is 36.1 Å². The number of hydrogen-bond donors (Lipinski definition) is 2. The first-order valence-corrected chi connectivity index (χ1v) is 9.92.